The van der Waals surface area contributed by atoms with E-state index in [-0.39, 0.29) is 18.5 Å². The van der Waals surface area contributed by atoms with Crippen LogP contribution in [0.3, 0.4) is 0 Å². The second-order valence-electron chi connectivity index (χ2n) is 7.95. The Labute approximate surface area is 201 Å². The summed E-state index contributed by atoms with van der Waals surface area (Å²) in [4.78, 5) is 19.8. The Morgan fingerprint density at radius 3 is 2.55 bits per heavy atom. The Morgan fingerprint density at radius 1 is 1.06 bits per heavy atom. The summed E-state index contributed by atoms with van der Waals surface area (Å²) >= 11 is 3.52. The van der Waals surface area contributed by atoms with Gasteiger partial charge in [0.1, 0.15) is 12.2 Å². The standard InChI is InChI=1S/C26H22BrN5O/c1-2-14-32-25-22(23(29-32)19-7-4-3-5-8-19)24(20-9-11-21(27)12-10-20)31(26(25)33)16-6-15-30-17-13-28-18-30/h1,3-5,7-13,17-18,24H,6,14-16H2. The van der Waals surface area contributed by atoms with Crippen LogP contribution in [-0.4, -0.2) is 36.7 Å². The summed E-state index contributed by atoms with van der Waals surface area (Å²) in [6.07, 6.45) is 11.9. The number of hydrogen-bond acceptors (Lipinski definition) is 3. The number of carbonyl (C=O) groups is 1. The van der Waals surface area contributed by atoms with Crippen molar-refractivity contribution in [2.24, 2.45) is 0 Å². The average Bonchev–Trinajstić information content (AvgIpc) is 3.54. The van der Waals surface area contributed by atoms with Crippen LogP contribution in [0.25, 0.3) is 11.3 Å². The highest BCUT2D eigenvalue weighted by Gasteiger charge is 2.43. The Bertz CT molecular complexity index is 1300. The van der Waals surface area contributed by atoms with Gasteiger partial charge in [0, 0.05) is 41.1 Å². The maximum absolute atomic E-state index is 13.7. The van der Waals surface area contributed by atoms with Crippen LogP contribution in [0.4, 0.5) is 0 Å². The predicted molar refractivity (Wildman–Crippen MR) is 130 cm³/mol. The molecule has 164 valence electrons. The highest BCUT2D eigenvalue weighted by atomic mass is 79.9. The van der Waals surface area contributed by atoms with Gasteiger partial charge in [-0.15, -0.1) is 6.42 Å². The van der Waals surface area contributed by atoms with E-state index in [9.17, 15) is 4.79 Å². The molecule has 1 amide bonds. The van der Waals surface area contributed by atoms with E-state index in [1.54, 1.807) is 17.2 Å². The molecule has 7 heteroatoms. The van der Waals surface area contributed by atoms with E-state index in [2.05, 4.69) is 39.0 Å². The third kappa shape index (κ3) is 3.98. The number of aryl methyl sites for hydroxylation is 1. The molecule has 2 aromatic heterocycles. The van der Waals surface area contributed by atoms with E-state index in [1.807, 2.05) is 58.1 Å². The van der Waals surface area contributed by atoms with Crippen molar-refractivity contribution >= 4 is 21.8 Å². The molecule has 5 rings (SSSR count). The SMILES string of the molecule is C#CCn1nc(-c2ccccc2)c2c1C(=O)N(CCCn1ccnc1)C2c1ccc(Br)cc1. The summed E-state index contributed by atoms with van der Waals surface area (Å²) in [5, 5.41) is 4.80. The van der Waals surface area contributed by atoms with Crippen LogP contribution in [0.15, 0.2) is 77.8 Å². The average molecular weight is 500 g/mol. The predicted octanol–water partition coefficient (Wildman–Crippen LogP) is 4.78. The second kappa shape index (κ2) is 9.08. The Kier molecular flexibility index (Phi) is 5.84. The second-order valence-corrected chi connectivity index (χ2v) is 8.86. The summed E-state index contributed by atoms with van der Waals surface area (Å²) in [5.74, 6) is 2.62. The van der Waals surface area contributed by atoms with Gasteiger partial charge in [-0.3, -0.25) is 4.79 Å². The number of imidazole rings is 1. The minimum absolute atomic E-state index is 0.0338. The lowest BCUT2D eigenvalue weighted by atomic mass is 9.96. The van der Waals surface area contributed by atoms with Crippen molar-refractivity contribution in [2.75, 3.05) is 6.54 Å². The number of carbonyl (C=O) groups excluding carboxylic acids is 1. The molecule has 0 spiro atoms. The summed E-state index contributed by atoms with van der Waals surface area (Å²) in [6.45, 7) is 1.64. The highest BCUT2D eigenvalue weighted by Crippen LogP contribution is 2.44. The van der Waals surface area contributed by atoms with Gasteiger partial charge in [0.25, 0.3) is 5.91 Å². The molecule has 0 fully saturated rings. The van der Waals surface area contributed by atoms with Crippen molar-refractivity contribution in [1.29, 1.82) is 0 Å². The van der Waals surface area contributed by atoms with Gasteiger partial charge in [-0.2, -0.15) is 5.10 Å². The lowest BCUT2D eigenvalue weighted by Crippen LogP contribution is -2.32. The lowest BCUT2D eigenvalue weighted by molar-refractivity contribution is 0.0735. The molecule has 1 aliphatic heterocycles. The number of rotatable bonds is 7. The summed E-state index contributed by atoms with van der Waals surface area (Å²) < 4.78 is 4.70. The molecular formula is C26H22BrN5O. The fourth-order valence-electron chi connectivity index (χ4n) is 4.44. The Balaban J connectivity index is 1.60. The summed E-state index contributed by atoms with van der Waals surface area (Å²) in [7, 11) is 0. The normalized spacial score (nSPS) is 15.0. The third-order valence-corrected chi connectivity index (χ3v) is 6.41. The maximum atomic E-state index is 13.7. The zero-order chi connectivity index (χ0) is 22.8. The van der Waals surface area contributed by atoms with Gasteiger partial charge in [-0.25, -0.2) is 9.67 Å². The first-order valence-electron chi connectivity index (χ1n) is 10.8. The third-order valence-electron chi connectivity index (χ3n) is 5.89. The van der Waals surface area contributed by atoms with Gasteiger partial charge in [0.2, 0.25) is 0 Å². The molecule has 1 atom stereocenters. The molecule has 0 N–H and O–H groups in total. The van der Waals surface area contributed by atoms with Gasteiger partial charge < -0.3 is 9.47 Å². The number of amides is 1. The molecule has 0 aliphatic carbocycles. The van der Waals surface area contributed by atoms with Crippen LogP contribution in [0.2, 0.25) is 0 Å². The first-order chi connectivity index (χ1) is 16.2. The Morgan fingerprint density at radius 2 is 1.85 bits per heavy atom. The smallest absolute Gasteiger partial charge is 0.273 e. The first-order valence-corrected chi connectivity index (χ1v) is 11.6. The molecule has 2 aromatic carbocycles. The van der Waals surface area contributed by atoms with E-state index in [0.717, 1.165) is 39.8 Å². The van der Waals surface area contributed by atoms with Gasteiger partial charge in [0.05, 0.1) is 18.1 Å². The van der Waals surface area contributed by atoms with Crippen molar-refractivity contribution in [1.82, 2.24) is 24.2 Å². The van der Waals surface area contributed by atoms with Crippen molar-refractivity contribution in [3.05, 3.63) is 94.6 Å². The number of terminal acetylenes is 1. The minimum Gasteiger partial charge on any atom is -0.337 e. The molecule has 33 heavy (non-hydrogen) atoms. The van der Waals surface area contributed by atoms with Crippen LogP contribution < -0.4 is 0 Å². The molecule has 6 nitrogen and oxygen atoms in total. The fourth-order valence-corrected chi connectivity index (χ4v) is 4.71. The molecule has 1 unspecified atom stereocenters. The molecule has 0 bridgehead atoms. The molecule has 4 aromatic rings. The summed E-state index contributed by atoms with van der Waals surface area (Å²) in [5.41, 5.74) is 4.33. The van der Waals surface area contributed by atoms with Crippen molar-refractivity contribution in [2.45, 2.75) is 25.6 Å². The summed E-state index contributed by atoms with van der Waals surface area (Å²) in [6, 6.07) is 17.9. The van der Waals surface area contributed by atoms with Gasteiger partial charge in [-0.1, -0.05) is 64.3 Å². The Hall–Kier alpha value is -3.63. The fraction of sp³-hybridized carbons (Fsp3) is 0.192. The molecule has 0 saturated heterocycles. The zero-order valence-corrected chi connectivity index (χ0v) is 19.5. The maximum Gasteiger partial charge on any atom is 0.273 e. The van der Waals surface area contributed by atoms with E-state index in [0.29, 0.717) is 12.2 Å². The van der Waals surface area contributed by atoms with Gasteiger partial charge in [0.15, 0.2) is 0 Å². The van der Waals surface area contributed by atoms with Crippen molar-refractivity contribution in [3.8, 4) is 23.6 Å². The lowest BCUT2D eigenvalue weighted by Gasteiger charge is -2.26. The quantitative estimate of drug-likeness (QED) is 0.344. The van der Waals surface area contributed by atoms with Crippen LogP contribution in [0, 0.1) is 12.3 Å². The van der Waals surface area contributed by atoms with Crippen molar-refractivity contribution < 1.29 is 4.79 Å². The number of nitrogens with zero attached hydrogens (tertiary/aromatic N) is 5. The zero-order valence-electron chi connectivity index (χ0n) is 17.9. The van der Waals surface area contributed by atoms with E-state index < -0.39 is 0 Å². The van der Waals surface area contributed by atoms with Gasteiger partial charge >= 0.3 is 0 Å². The number of benzene rings is 2. The first kappa shape index (κ1) is 21.2. The van der Waals surface area contributed by atoms with Crippen molar-refractivity contribution in [3.63, 3.8) is 0 Å². The van der Waals surface area contributed by atoms with E-state index >= 15 is 0 Å². The van der Waals surface area contributed by atoms with Gasteiger partial charge in [-0.05, 0) is 24.1 Å². The van der Waals surface area contributed by atoms with Crippen LogP contribution in [0.5, 0.6) is 0 Å². The topological polar surface area (TPSA) is 56.0 Å². The number of hydrogen-bond donors (Lipinski definition) is 0. The van der Waals surface area contributed by atoms with E-state index in [4.69, 9.17) is 11.5 Å². The number of aromatic nitrogens is 4. The van der Waals surface area contributed by atoms with E-state index in [1.165, 1.54) is 0 Å². The molecular weight excluding hydrogens is 478 g/mol. The van der Waals surface area contributed by atoms with Crippen LogP contribution >= 0.6 is 15.9 Å². The minimum atomic E-state index is -0.231. The molecule has 1 aliphatic rings. The molecule has 3 heterocycles. The molecule has 0 radical (unpaired) electrons. The molecule has 0 saturated carbocycles. The largest absolute Gasteiger partial charge is 0.337 e. The number of fused-ring (bicyclic) bond motifs is 1. The number of halogens is 1. The highest BCUT2D eigenvalue weighted by molar-refractivity contribution is 9.10. The van der Waals surface area contributed by atoms with Crippen LogP contribution in [-0.2, 0) is 13.1 Å². The monoisotopic (exact) mass is 499 g/mol. The van der Waals surface area contributed by atoms with Crippen LogP contribution in [0.1, 0.15) is 34.1 Å².